The highest BCUT2D eigenvalue weighted by Gasteiger charge is 2.16. The molecule has 0 saturated heterocycles. The molecule has 7 heteroatoms. The van der Waals surface area contributed by atoms with Crippen LogP contribution in [0.4, 0.5) is 17.2 Å². The van der Waals surface area contributed by atoms with Crippen molar-refractivity contribution in [2.24, 2.45) is 0 Å². The van der Waals surface area contributed by atoms with Gasteiger partial charge in [0.05, 0.1) is 15.6 Å². The minimum Gasteiger partial charge on any atom is -0.340 e. The van der Waals surface area contributed by atoms with Crippen molar-refractivity contribution < 1.29 is 4.79 Å². The summed E-state index contributed by atoms with van der Waals surface area (Å²) in [5, 5.41) is 10.3. The van der Waals surface area contributed by atoms with E-state index in [1.165, 1.54) is 17.5 Å². The highest BCUT2D eigenvalue weighted by atomic mass is 35.5. The Kier molecular flexibility index (Phi) is 6.54. The average molecular weight is 575 g/mol. The molecule has 1 aliphatic rings. The number of fused-ring (bicyclic) bond motifs is 3. The molecule has 0 spiro atoms. The Labute approximate surface area is 247 Å². The third kappa shape index (κ3) is 4.99. The van der Waals surface area contributed by atoms with Gasteiger partial charge in [-0.3, -0.25) is 4.79 Å². The fourth-order valence-corrected chi connectivity index (χ4v) is 5.77. The Bertz CT molecular complexity index is 1980. The molecule has 7 rings (SSSR count). The minimum atomic E-state index is -0.288. The second kappa shape index (κ2) is 10.5. The van der Waals surface area contributed by atoms with E-state index in [2.05, 4.69) is 53.1 Å². The molecule has 200 valence electrons. The van der Waals surface area contributed by atoms with Crippen molar-refractivity contribution in [3.63, 3.8) is 0 Å². The second-order valence-corrected chi connectivity index (χ2v) is 11.0. The van der Waals surface area contributed by atoms with Gasteiger partial charge < -0.3 is 10.6 Å². The van der Waals surface area contributed by atoms with Gasteiger partial charge in [0, 0.05) is 27.9 Å². The van der Waals surface area contributed by atoms with Crippen LogP contribution in [-0.2, 0) is 12.8 Å². The van der Waals surface area contributed by atoms with Crippen molar-refractivity contribution in [2.45, 2.75) is 19.3 Å². The van der Waals surface area contributed by atoms with E-state index < -0.39 is 0 Å². The number of hydrogen-bond donors (Lipinski definition) is 2. The number of aromatic nitrogens is 2. The molecule has 0 saturated carbocycles. The van der Waals surface area contributed by atoms with Gasteiger partial charge in [-0.15, -0.1) is 0 Å². The predicted molar refractivity (Wildman–Crippen MR) is 169 cm³/mol. The van der Waals surface area contributed by atoms with Gasteiger partial charge in [-0.2, -0.15) is 0 Å². The molecule has 0 radical (unpaired) electrons. The van der Waals surface area contributed by atoms with E-state index in [-0.39, 0.29) is 5.91 Å². The topological polar surface area (TPSA) is 66.9 Å². The van der Waals surface area contributed by atoms with Crippen LogP contribution in [0.1, 0.15) is 27.9 Å². The lowest BCUT2D eigenvalue weighted by molar-refractivity contribution is 0.102. The Hall–Kier alpha value is -4.45. The standard InChI is InChI=1S/C34H24Cl2N4O/c35-29-15-12-23(18-30(29)36)34(41)38-25-14-16-31-28(19-25)33(37-24-13-11-20-6-3-8-22(20)17-24)40-32(39-31)27-10-4-7-21-5-1-2-9-26(21)27/h1-2,4-5,7,9-19H,3,6,8H2,(H,38,41)(H,37,39,40). The summed E-state index contributed by atoms with van der Waals surface area (Å²) in [6, 6.07) is 31.4. The number of halogens is 2. The zero-order valence-corrected chi connectivity index (χ0v) is 23.4. The summed E-state index contributed by atoms with van der Waals surface area (Å²) in [6.07, 6.45) is 3.39. The van der Waals surface area contributed by atoms with Gasteiger partial charge in [-0.05, 0) is 89.7 Å². The molecule has 0 aliphatic heterocycles. The molecule has 5 aromatic carbocycles. The van der Waals surface area contributed by atoms with Crippen LogP contribution in [0.5, 0.6) is 0 Å². The van der Waals surface area contributed by atoms with Gasteiger partial charge in [0.25, 0.3) is 5.91 Å². The summed E-state index contributed by atoms with van der Waals surface area (Å²) < 4.78 is 0. The maximum Gasteiger partial charge on any atom is 0.255 e. The summed E-state index contributed by atoms with van der Waals surface area (Å²) in [5.41, 5.74) is 6.51. The Balaban J connectivity index is 1.32. The lowest BCUT2D eigenvalue weighted by Crippen LogP contribution is -2.12. The molecule has 0 fully saturated rings. The molecular weight excluding hydrogens is 551 g/mol. The predicted octanol–water partition coefficient (Wildman–Crippen LogP) is 9.24. The van der Waals surface area contributed by atoms with Crippen LogP contribution in [0.2, 0.25) is 10.0 Å². The molecular formula is C34H24Cl2N4O. The number of carbonyl (C=O) groups is 1. The first-order valence-corrected chi connectivity index (χ1v) is 14.2. The largest absolute Gasteiger partial charge is 0.340 e. The van der Waals surface area contributed by atoms with Crippen LogP contribution in [0, 0.1) is 0 Å². The van der Waals surface area contributed by atoms with Crippen LogP contribution >= 0.6 is 23.2 Å². The third-order valence-electron chi connectivity index (χ3n) is 7.53. The summed E-state index contributed by atoms with van der Waals surface area (Å²) in [5.74, 6) is 1.01. The van der Waals surface area contributed by atoms with Gasteiger partial charge in [-0.1, -0.05) is 71.7 Å². The molecule has 1 amide bonds. The van der Waals surface area contributed by atoms with Crippen LogP contribution in [-0.4, -0.2) is 15.9 Å². The Morgan fingerprint density at radius 2 is 1.54 bits per heavy atom. The highest BCUT2D eigenvalue weighted by Crippen LogP contribution is 2.34. The number of benzene rings is 5. The van der Waals surface area contributed by atoms with E-state index in [1.54, 1.807) is 18.2 Å². The first-order chi connectivity index (χ1) is 20.0. The maximum atomic E-state index is 13.0. The van der Waals surface area contributed by atoms with Gasteiger partial charge in [-0.25, -0.2) is 9.97 Å². The second-order valence-electron chi connectivity index (χ2n) is 10.2. The van der Waals surface area contributed by atoms with Gasteiger partial charge in [0.15, 0.2) is 5.82 Å². The monoisotopic (exact) mass is 574 g/mol. The van der Waals surface area contributed by atoms with Crippen LogP contribution in [0.3, 0.4) is 0 Å². The molecule has 0 atom stereocenters. The number of nitrogens with zero attached hydrogens (tertiary/aromatic N) is 2. The first-order valence-electron chi connectivity index (χ1n) is 13.5. The van der Waals surface area contributed by atoms with Crippen LogP contribution in [0.25, 0.3) is 33.1 Å². The van der Waals surface area contributed by atoms with Crippen molar-refractivity contribution in [3.05, 3.63) is 124 Å². The van der Waals surface area contributed by atoms with E-state index in [0.29, 0.717) is 32.9 Å². The van der Waals surface area contributed by atoms with Crippen LogP contribution < -0.4 is 10.6 Å². The van der Waals surface area contributed by atoms with E-state index in [9.17, 15) is 4.79 Å². The third-order valence-corrected chi connectivity index (χ3v) is 8.27. The van der Waals surface area contributed by atoms with Crippen LogP contribution in [0.15, 0.2) is 97.1 Å². The zero-order chi connectivity index (χ0) is 27.9. The summed E-state index contributed by atoms with van der Waals surface area (Å²) in [7, 11) is 0. The number of anilines is 3. The number of rotatable bonds is 5. The van der Waals surface area contributed by atoms with Gasteiger partial charge >= 0.3 is 0 Å². The number of carbonyl (C=O) groups excluding carboxylic acids is 1. The smallest absolute Gasteiger partial charge is 0.255 e. The number of amides is 1. The molecule has 1 aliphatic carbocycles. The van der Waals surface area contributed by atoms with E-state index >= 15 is 0 Å². The summed E-state index contributed by atoms with van der Waals surface area (Å²) in [4.78, 5) is 23.0. The minimum absolute atomic E-state index is 0.288. The molecule has 5 nitrogen and oxygen atoms in total. The molecule has 0 unspecified atom stereocenters. The summed E-state index contributed by atoms with van der Waals surface area (Å²) in [6.45, 7) is 0. The Morgan fingerprint density at radius 1 is 0.707 bits per heavy atom. The Morgan fingerprint density at radius 3 is 2.44 bits per heavy atom. The van der Waals surface area contributed by atoms with Gasteiger partial charge in [0.1, 0.15) is 5.82 Å². The lowest BCUT2D eigenvalue weighted by atomic mass is 10.0. The van der Waals surface area contributed by atoms with Crippen molar-refractivity contribution in [1.82, 2.24) is 9.97 Å². The van der Waals surface area contributed by atoms with E-state index in [0.717, 1.165) is 45.8 Å². The maximum absolute atomic E-state index is 13.0. The molecule has 41 heavy (non-hydrogen) atoms. The number of aryl methyl sites for hydroxylation is 2. The zero-order valence-electron chi connectivity index (χ0n) is 21.9. The number of nitrogens with one attached hydrogen (secondary N) is 2. The first kappa shape index (κ1) is 25.5. The molecule has 1 aromatic heterocycles. The number of hydrogen-bond acceptors (Lipinski definition) is 4. The average Bonchev–Trinajstić information content (AvgIpc) is 3.46. The fraction of sp³-hybridized carbons (Fsp3) is 0.0882. The van der Waals surface area contributed by atoms with E-state index in [4.69, 9.17) is 33.2 Å². The summed E-state index contributed by atoms with van der Waals surface area (Å²) >= 11 is 12.2. The van der Waals surface area contributed by atoms with E-state index in [1.807, 2.05) is 36.4 Å². The normalized spacial score (nSPS) is 12.4. The highest BCUT2D eigenvalue weighted by molar-refractivity contribution is 6.42. The SMILES string of the molecule is O=C(Nc1ccc2nc(-c3cccc4ccccc34)nc(Nc3ccc4c(c3)CCC4)c2c1)c1ccc(Cl)c(Cl)c1. The van der Waals surface area contributed by atoms with Gasteiger partial charge in [0.2, 0.25) is 0 Å². The van der Waals surface area contributed by atoms with Crippen molar-refractivity contribution >= 4 is 68.0 Å². The quantitative estimate of drug-likeness (QED) is 0.215. The molecule has 6 aromatic rings. The fourth-order valence-electron chi connectivity index (χ4n) is 5.47. The molecule has 1 heterocycles. The molecule has 2 N–H and O–H groups in total. The van der Waals surface area contributed by atoms with Crippen molar-refractivity contribution in [1.29, 1.82) is 0 Å². The van der Waals surface area contributed by atoms with Crippen molar-refractivity contribution in [2.75, 3.05) is 10.6 Å². The molecule has 0 bridgehead atoms. The van der Waals surface area contributed by atoms with Crippen molar-refractivity contribution in [3.8, 4) is 11.4 Å². The lowest BCUT2D eigenvalue weighted by Gasteiger charge is -2.14.